The van der Waals surface area contributed by atoms with Crippen molar-refractivity contribution in [1.29, 1.82) is 0 Å². The van der Waals surface area contributed by atoms with Crippen LogP contribution in [0.5, 0.6) is 0 Å². The van der Waals surface area contributed by atoms with E-state index >= 15 is 0 Å². The summed E-state index contributed by atoms with van der Waals surface area (Å²) in [6, 6.07) is 15.4. The van der Waals surface area contributed by atoms with Crippen LogP contribution < -0.4 is 10.6 Å². The quantitative estimate of drug-likeness (QED) is 0.795. The zero-order valence-corrected chi connectivity index (χ0v) is 13.8. The van der Waals surface area contributed by atoms with Crippen LogP contribution >= 0.6 is 11.6 Å². The van der Waals surface area contributed by atoms with Crippen molar-refractivity contribution < 1.29 is 4.79 Å². The normalized spacial score (nSPS) is 15.2. The van der Waals surface area contributed by atoms with E-state index in [0.717, 1.165) is 11.4 Å². The third-order valence-corrected chi connectivity index (χ3v) is 4.48. The van der Waals surface area contributed by atoms with Crippen molar-refractivity contribution in [2.75, 3.05) is 10.6 Å². The van der Waals surface area contributed by atoms with Gasteiger partial charge in [-0.25, -0.2) is 0 Å². The number of hydrogen-bond acceptors (Lipinski definition) is 2. The van der Waals surface area contributed by atoms with Crippen LogP contribution in [-0.4, -0.2) is 11.9 Å². The van der Waals surface area contributed by atoms with Crippen LogP contribution in [-0.2, 0) is 0 Å². The predicted octanol–water partition coefficient (Wildman–Crippen LogP) is 5.34. The fourth-order valence-electron chi connectivity index (χ4n) is 2.94. The second-order valence-corrected chi connectivity index (χ2v) is 6.45. The van der Waals surface area contributed by atoms with E-state index in [1.165, 1.54) is 32.1 Å². The van der Waals surface area contributed by atoms with Crippen LogP contribution in [0, 0.1) is 0 Å². The Balaban J connectivity index is 1.58. The van der Waals surface area contributed by atoms with Gasteiger partial charge in [0.05, 0.1) is 0 Å². The number of carbonyl (C=O) groups is 1. The summed E-state index contributed by atoms with van der Waals surface area (Å²) in [5, 5.41) is 7.10. The lowest BCUT2D eigenvalue weighted by Gasteiger charge is -2.23. The van der Waals surface area contributed by atoms with Gasteiger partial charge in [-0.2, -0.15) is 0 Å². The van der Waals surface area contributed by atoms with Crippen molar-refractivity contribution in [2.45, 2.75) is 38.1 Å². The first kappa shape index (κ1) is 15.9. The van der Waals surface area contributed by atoms with E-state index in [4.69, 9.17) is 11.6 Å². The van der Waals surface area contributed by atoms with Gasteiger partial charge in [-0.3, -0.25) is 4.79 Å². The molecule has 0 spiro atoms. The molecule has 1 saturated carbocycles. The minimum absolute atomic E-state index is 0.130. The number of benzene rings is 2. The number of hydrogen-bond donors (Lipinski definition) is 2. The molecule has 1 amide bonds. The van der Waals surface area contributed by atoms with Crippen molar-refractivity contribution in [1.82, 2.24) is 0 Å². The maximum Gasteiger partial charge on any atom is 0.255 e. The summed E-state index contributed by atoms with van der Waals surface area (Å²) in [5.74, 6) is -0.130. The molecule has 0 bridgehead atoms. The first-order valence-corrected chi connectivity index (χ1v) is 8.52. The summed E-state index contributed by atoms with van der Waals surface area (Å²) in [6.45, 7) is 0. The Morgan fingerprint density at radius 3 is 2.13 bits per heavy atom. The molecule has 120 valence electrons. The number of nitrogens with one attached hydrogen (secondary N) is 2. The molecule has 2 aromatic carbocycles. The van der Waals surface area contributed by atoms with Crippen molar-refractivity contribution in [3.05, 3.63) is 59.1 Å². The molecular weight excluding hydrogens is 308 g/mol. The van der Waals surface area contributed by atoms with Crippen LogP contribution in [0.1, 0.15) is 42.5 Å². The van der Waals surface area contributed by atoms with Crippen LogP contribution in [0.4, 0.5) is 11.4 Å². The molecule has 4 heteroatoms. The third kappa shape index (κ3) is 4.49. The summed E-state index contributed by atoms with van der Waals surface area (Å²) >= 11 is 5.84. The second-order valence-electron chi connectivity index (χ2n) is 6.02. The molecule has 1 fully saturated rings. The van der Waals surface area contributed by atoms with Gasteiger partial charge in [-0.15, -0.1) is 0 Å². The highest BCUT2D eigenvalue weighted by Gasteiger charge is 2.12. The van der Waals surface area contributed by atoms with E-state index in [9.17, 15) is 4.79 Å². The van der Waals surface area contributed by atoms with Crippen molar-refractivity contribution >= 4 is 28.9 Å². The molecule has 0 atom stereocenters. The van der Waals surface area contributed by atoms with E-state index in [1.807, 2.05) is 24.3 Å². The van der Waals surface area contributed by atoms with Gasteiger partial charge in [0, 0.05) is 28.0 Å². The Bertz CT molecular complexity index is 646. The first-order valence-electron chi connectivity index (χ1n) is 8.14. The SMILES string of the molecule is O=C(Nc1ccc(NC2CCCCC2)cc1)c1ccc(Cl)cc1. The Labute approximate surface area is 142 Å². The average molecular weight is 329 g/mol. The van der Waals surface area contributed by atoms with E-state index in [1.54, 1.807) is 24.3 Å². The maximum absolute atomic E-state index is 12.2. The summed E-state index contributed by atoms with van der Waals surface area (Å²) in [7, 11) is 0. The van der Waals surface area contributed by atoms with Gasteiger partial charge in [0.1, 0.15) is 0 Å². The summed E-state index contributed by atoms with van der Waals surface area (Å²) in [5.41, 5.74) is 2.50. The molecule has 1 aliphatic carbocycles. The Hall–Kier alpha value is -2.00. The molecule has 2 N–H and O–H groups in total. The molecule has 2 aromatic rings. The fraction of sp³-hybridized carbons (Fsp3) is 0.316. The average Bonchev–Trinajstić information content (AvgIpc) is 2.58. The Morgan fingerprint density at radius 2 is 1.48 bits per heavy atom. The molecule has 23 heavy (non-hydrogen) atoms. The molecule has 0 aliphatic heterocycles. The van der Waals surface area contributed by atoms with Gasteiger partial charge in [0.15, 0.2) is 0 Å². The maximum atomic E-state index is 12.2. The topological polar surface area (TPSA) is 41.1 Å². The lowest BCUT2D eigenvalue weighted by molar-refractivity contribution is 0.102. The summed E-state index contributed by atoms with van der Waals surface area (Å²) in [4.78, 5) is 12.2. The van der Waals surface area contributed by atoms with E-state index < -0.39 is 0 Å². The highest BCUT2D eigenvalue weighted by atomic mass is 35.5. The van der Waals surface area contributed by atoms with E-state index in [0.29, 0.717) is 16.6 Å². The van der Waals surface area contributed by atoms with Crippen LogP contribution in [0.15, 0.2) is 48.5 Å². The highest BCUT2D eigenvalue weighted by Crippen LogP contribution is 2.22. The van der Waals surface area contributed by atoms with E-state index in [-0.39, 0.29) is 5.91 Å². The smallest absolute Gasteiger partial charge is 0.255 e. The molecule has 0 aromatic heterocycles. The molecule has 3 nitrogen and oxygen atoms in total. The Kier molecular flexibility index (Phi) is 5.19. The number of halogens is 1. The summed E-state index contributed by atoms with van der Waals surface area (Å²) in [6.07, 6.45) is 6.47. The zero-order valence-electron chi connectivity index (χ0n) is 13.0. The fourth-order valence-corrected chi connectivity index (χ4v) is 3.06. The van der Waals surface area contributed by atoms with Crippen molar-refractivity contribution in [3.63, 3.8) is 0 Å². The lowest BCUT2D eigenvalue weighted by Crippen LogP contribution is -2.22. The van der Waals surface area contributed by atoms with Crippen LogP contribution in [0.3, 0.4) is 0 Å². The standard InChI is InChI=1S/C19H21ClN2O/c20-15-8-6-14(7-9-15)19(23)22-18-12-10-17(11-13-18)21-16-4-2-1-3-5-16/h6-13,16,21H,1-5H2,(H,22,23). The molecule has 0 saturated heterocycles. The molecule has 0 unspecified atom stereocenters. The lowest BCUT2D eigenvalue weighted by atomic mass is 9.95. The van der Waals surface area contributed by atoms with Gasteiger partial charge >= 0.3 is 0 Å². The van der Waals surface area contributed by atoms with Gasteiger partial charge in [-0.1, -0.05) is 30.9 Å². The highest BCUT2D eigenvalue weighted by molar-refractivity contribution is 6.30. The minimum atomic E-state index is -0.130. The van der Waals surface area contributed by atoms with Gasteiger partial charge in [0.25, 0.3) is 5.91 Å². The molecular formula is C19H21ClN2O. The molecule has 0 radical (unpaired) electrons. The number of amides is 1. The molecule has 1 aliphatic rings. The largest absolute Gasteiger partial charge is 0.382 e. The van der Waals surface area contributed by atoms with Gasteiger partial charge < -0.3 is 10.6 Å². The van der Waals surface area contributed by atoms with Gasteiger partial charge in [0.2, 0.25) is 0 Å². The van der Waals surface area contributed by atoms with E-state index in [2.05, 4.69) is 10.6 Å². The minimum Gasteiger partial charge on any atom is -0.382 e. The third-order valence-electron chi connectivity index (χ3n) is 4.23. The second kappa shape index (κ2) is 7.51. The monoisotopic (exact) mass is 328 g/mol. The number of anilines is 2. The molecule has 0 heterocycles. The van der Waals surface area contributed by atoms with Crippen molar-refractivity contribution in [3.8, 4) is 0 Å². The number of rotatable bonds is 4. The first-order chi connectivity index (χ1) is 11.2. The number of carbonyl (C=O) groups excluding carboxylic acids is 1. The van der Waals surface area contributed by atoms with Crippen LogP contribution in [0.2, 0.25) is 5.02 Å². The predicted molar refractivity (Wildman–Crippen MR) is 96.3 cm³/mol. The zero-order chi connectivity index (χ0) is 16.1. The molecule has 3 rings (SSSR count). The Morgan fingerprint density at radius 1 is 0.870 bits per heavy atom. The van der Waals surface area contributed by atoms with Crippen LogP contribution in [0.25, 0.3) is 0 Å². The summed E-state index contributed by atoms with van der Waals surface area (Å²) < 4.78 is 0. The van der Waals surface area contributed by atoms with Crippen molar-refractivity contribution in [2.24, 2.45) is 0 Å². The van der Waals surface area contributed by atoms with Gasteiger partial charge in [-0.05, 0) is 61.4 Å².